The van der Waals surface area contributed by atoms with Crippen LogP contribution in [0.15, 0.2) is 78.0 Å². The molecular weight excluding hydrogens is 386 g/mol. The number of hydrogen-bond donors (Lipinski definition) is 2. The van der Waals surface area contributed by atoms with Crippen molar-refractivity contribution in [3.63, 3.8) is 0 Å². The number of halogens is 1. The van der Waals surface area contributed by atoms with Crippen molar-refractivity contribution in [2.45, 2.75) is 6.92 Å². The molecule has 1 aromatic heterocycles. The van der Waals surface area contributed by atoms with Crippen LogP contribution >= 0.6 is 11.6 Å². The van der Waals surface area contributed by atoms with E-state index in [0.29, 0.717) is 5.02 Å². The zero-order chi connectivity index (χ0) is 20.4. The van der Waals surface area contributed by atoms with E-state index in [1.165, 1.54) is 0 Å². The van der Waals surface area contributed by atoms with Gasteiger partial charge >= 0.3 is 0 Å². The molecule has 4 rings (SSSR count). The van der Waals surface area contributed by atoms with Crippen molar-refractivity contribution in [3.05, 3.63) is 94.8 Å². The lowest BCUT2D eigenvalue weighted by molar-refractivity contribution is 0.0952. The number of fused-ring (bicyclic) bond motifs is 1. The van der Waals surface area contributed by atoms with Gasteiger partial charge in [-0.2, -0.15) is 5.10 Å². The van der Waals surface area contributed by atoms with Gasteiger partial charge in [0.15, 0.2) is 0 Å². The molecule has 0 unspecified atom stereocenters. The molecule has 0 fully saturated rings. The Morgan fingerprint density at radius 3 is 2.59 bits per heavy atom. The first-order valence-corrected chi connectivity index (χ1v) is 9.40. The quantitative estimate of drug-likeness (QED) is 0.369. The Morgan fingerprint density at radius 2 is 1.83 bits per heavy atom. The number of aromatic hydroxyl groups is 1. The second-order valence-electron chi connectivity index (χ2n) is 6.65. The number of amides is 1. The molecule has 0 aliphatic rings. The molecule has 5 nitrogen and oxygen atoms in total. The smallest absolute Gasteiger partial charge is 0.275 e. The number of phenolic OH excluding ortho intramolecular Hbond substituents is 1. The monoisotopic (exact) mass is 403 g/mol. The van der Waals surface area contributed by atoms with Crippen LogP contribution < -0.4 is 5.43 Å². The molecule has 4 aromatic rings. The second-order valence-corrected chi connectivity index (χ2v) is 7.06. The first-order valence-electron chi connectivity index (χ1n) is 9.02. The molecule has 0 bridgehead atoms. The molecule has 0 aliphatic heterocycles. The molecule has 0 atom stereocenters. The summed E-state index contributed by atoms with van der Waals surface area (Å²) in [5, 5.41) is 16.6. The molecule has 0 saturated carbocycles. The van der Waals surface area contributed by atoms with E-state index in [1.54, 1.807) is 18.3 Å². The number of phenols is 1. The molecule has 29 heavy (non-hydrogen) atoms. The highest BCUT2D eigenvalue weighted by molar-refractivity contribution is 6.31. The van der Waals surface area contributed by atoms with E-state index in [0.717, 1.165) is 27.7 Å². The molecular formula is C23H18ClN3O2. The predicted octanol–water partition coefficient (Wildman–Crippen LogP) is 5.06. The summed E-state index contributed by atoms with van der Waals surface area (Å²) in [4.78, 5) is 12.5. The highest BCUT2D eigenvalue weighted by Crippen LogP contribution is 2.25. The number of rotatable bonds is 4. The zero-order valence-electron chi connectivity index (χ0n) is 15.6. The fourth-order valence-corrected chi connectivity index (χ4v) is 3.27. The number of nitrogens with zero attached hydrogens (tertiary/aromatic N) is 2. The number of nitrogens with one attached hydrogen (secondary N) is 1. The van der Waals surface area contributed by atoms with Gasteiger partial charge in [-0.25, -0.2) is 5.43 Å². The lowest BCUT2D eigenvalue weighted by Crippen LogP contribution is -2.18. The third kappa shape index (κ3) is 3.86. The fraction of sp³-hybridized carbons (Fsp3) is 0.0435. The number of aryl methyl sites for hydroxylation is 1. The lowest BCUT2D eigenvalue weighted by Gasteiger charge is -2.08. The molecule has 3 aromatic carbocycles. The summed E-state index contributed by atoms with van der Waals surface area (Å²) in [7, 11) is 0. The van der Waals surface area contributed by atoms with Crippen LogP contribution in [0.25, 0.3) is 16.5 Å². The number of carbonyl (C=O) groups is 1. The highest BCUT2D eigenvalue weighted by Gasteiger charge is 2.12. The predicted molar refractivity (Wildman–Crippen MR) is 116 cm³/mol. The van der Waals surface area contributed by atoms with E-state index in [1.807, 2.05) is 72.3 Å². The van der Waals surface area contributed by atoms with Gasteiger partial charge in [-0.3, -0.25) is 4.79 Å². The molecule has 6 heteroatoms. The maximum Gasteiger partial charge on any atom is 0.275 e. The normalized spacial score (nSPS) is 11.2. The van der Waals surface area contributed by atoms with Crippen LogP contribution in [-0.2, 0) is 0 Å². The minimum absolute atomic E-state index is 0.0888. The van der Waals surface area contributed by atoms with Crippen molar-refractivity contribution in [3.8, 4) is 11.4 Å². The van der Waals surface area contributed by atoms with Gasteiger partial charge in [0, 0.05) is 16.9 Å². The Bertz CT molecular complexity index is 1240. The van der Waals surface area contributed by atoms with Crippen LogP contribution in [0.2, 0.25) is 5.02 Å². The molecule has 0 aliphatic carbocycles. The number of aromatic nitrogens is 1. The summed E-state index contributed by atoms with van der Waals surface area (Å²) < 4.78 is 1.91. The van der Waals surface area contributed by atoms with Crippen molar-refractivity contribution in [1.82, 2.24) is 9.99 Å². The standard InChI is InChI=1S/C23H18ClN3O2/c1-15-8-9-18(13-21(15)24)27-10-4-7-19(27)14-25-26-23(29)20-11-16-5-2-3-6-17(16)12-22(20)28/h2-14,28H,1H3,(H,26,29). The van der Waals surface area contributed by atoms with Crippen LogP contribution in [0.5, 0.6) is 5.75 Å². The van der Waals surface area contributed by atoms with Crippen LogP contribution in [0.4, 0.5) is 0 Å². The van der Waals surface area contributed by atoms with E-state index in [2.05, 4.69) is 10.5 Å². The maximum absolute atomic E-state index is 12.5. The van der Waals surface area contributed by atoms with E-state index < -0.39 is 5.91 Å². The van der Waals surface area contributed by atoms with Crippen LogP contribution in [0.3, 0.4) is 0 Å². The first-order chi connectivity index (χ1) is 14.0. The Morgan fingerprint density at radius 1 is 1.07 bits per heavy atom. The van der Waals surface area contributed by atoms with Gasteiger partial charge in [0.2, 0.25) is 0 Å². The van der Waals surface area contributed by atoms with Gasteiger partial charge < -0.3 is 9.67 Å². The van der Waals surface area contributed by atoms with E-state index >= 15 is 0 Å². The zero-order valence-corrected chi connectivity index (χ0v) is 16.4. The molecule has 1 heterocycles. The Labute approximate surface area is 172 Å². The largest absolute Gasteiger partial charge is 0.507 e. The molecule has 144 valence electrons. The SMILES string of the molecule is Cc1ccc(-n2cccc2C=NNC(=O)c2cc3ccccc3cc2O)cc1Cl. The number of carbonyl (C=O) groups excluding carboxylic acids is 1. The molecule has 0 radical (unpaired) electrons. The van der Waals surface area contributed by atoms with Crippen molar-refractivity contribution in [1.29, 1.82) is 0 Å². The maximum atomic E-state index is 12.5. The summed E-state index contributed by atoms with van der Waals surface area (Å²) in [6, 6.07) is 20.3. The first kappa shape index (κ1) is 18.8. The van der Waals surface area contributed by atoms with Gasteiger partial charge in [0.05, 0.1) is 17.5 Å². The van der Waals surface area contributed by atoms with Gasteiger partial charge in [-0.1, -0.05) is 41.9 Å². The van der Waals surface area contributed by atoms with Crippen molar-refractivity contribution < 1.29 is 9.90 Å². The summed E-state index contributed by atoms with van der Waals surface area (Å²) in [5.41, 5.74) is 5.31. The van der Waals surface area contributed by atoms with Crippen molar-refractivity contribution in [2.24, 2.45) is 5.10 Å². The third-order valence-corrected chi connectivity index (χ3v) is 5.09. The third-order valence-electron chi connectivity index (χ3n) is 4.69. The van der Waals surface area contributed by atoms with Gasteiger partial charge in [0.1, 0.15) is 5.75 Å². The Hall–Kier alpha value is -3.57. The Balaban J connectivity index is 1.54. The summed E-state index contributed by atoms with van der Waals surface area (Å²) >= 11 is 6.23. The second kappa shape index (κ2) is 7.81. The Kier molecular flexibility index (Phi) is 5.06. The number of hydrazone groups is 1. The molecule has 1 amide bonds. The molecule has 2 N–H and O–H groups in total. The molecule has 0 saturated heterocycles. The van der Waals surface area contributed by atoms with Crippen LogP contribution in [0.1, 0.15) is 21.6 Å². The van der Waals surface area contributed by atoms with Gasteiger partial charge in [-0.05, 0) is 59.7 Å². The summed E-state index contributed by atoms with van der Waals surface area (Å²) in [5.74, 6) is -0.574. The van der Waals surface area contributed by atoms with E-state index in [9.17, 15) is 9.90 Å². The van der Waals surface area contributed by atoms with Crippen LogP contribution in [0, 0.1) is 6.92 Å². The van der Waals surface area contributed by atoms with Gasteiger partial charge in [-0.15, -0.1) is 0 Å². The topological polar surface area (TPSA) is 66.6 Å². The number of benzene rings is 3. The van der Waals surface area contributed by atoms with E-state index in [-0.39, 0.29) is 11.3 Å². The fourth-order valence-electron chi connectivity index (χ4n) is 3.09. The summed E-state index contributed by atoms with van der Waals surface area (Å²) in [6.07, 6.45) is 3.43. The van der Waals surface area contributed by atoms with E-state index in [4.69, 9.17) is 11.6 Å². The minimum atomic E-state index is -0.485. The average Bonchev–Trinajstić information content (AvgIpc) is 3.18. The van der Waals surface area contributed by atoms with Crippen molar-refractivity contribution >= 4 is 34.5 Å². The average molecular weight is 404 g/mol. The van der Waals surface area contributed by atoms with Gasteiger partial charge in [0.25, 0.3) is 5.91 Å². The number of hydrogen-bond acceptors (Lipinski definition) is 3. The summed E-state index contributed by atoms with van der Waals surface area (Å²) in [6.45, 7) is 1.95. The van der Waals surface area contributed by atoms with Crippen LogP contribution in [-0.4, -0.2) is 21.8 Å². The lowest BCUT2D eigenvalue weighted by atomic mass is 10.1. The minimum Gasteiger partial charge on any atom is -0.507 e. The highest BCUT2D eigenvalue weighted by atomic mass is 35.5. The van der Waals surface area contributed by atoms with Crippen molar-refractivity contribution in [2.75, 3.05) is 0 Å². The molecule has 0 spiro atoms.